The molecule has 0 aliphatic carbocycles. The molecule has 4 aromatic rings. The van der Waals surface area contributed by atoms with Crippen molar-refractivity contribution < 1.29 is 28.2 Å². The predicted octanol–water partition coefficient (Wildman–Crippen LogP) is 6.62. The number of hydrogen-bond acceptors (Lipinski definition) is 7. The highest BCUT2D eigenvalue weighted by Gasteiger charge is 2.30. The van der Waals surface area contributed by atoms with Gasteiger partial charge in [-0.2, -0.15) is 0 Å². The van der Waals surface area contributed by atoms with Crippen molar-refractivity contribution in [1.29, 1.82) is 0 Å². The SMILES string of the molecule is CCOC(=O)C(Cc1cccc(OCC(=O)OC(C)(C)C)c1)c1nc(-c2ccccc2)c(-c2ccccc2)o1. The van der Waals surface area contributed by atoms with Gasteiger partial charge in [0, 0.05) is 11.1 Å². The van der Waals surface area contributed by atoms with Gasteiger partial charge >= 0.3 is 11.9 Å². The highest BCUT2D eigenvalue weighted by Crippen LogP contribution is 2.36. The molecule has 1 unspecified atom stereocenters. The van der Waals surface area contributed by atoms with E-state index in [1.54, 1.807) is 39.8 Å². The number of oxazole rings is 1. The molecule has 0 saturated heterocycles. The number of ether oxygens (including phenoxy) is 3. The van der Waals surface area contributed by atoms with Crippen LogP contribution < -0.4 is 4.74 Å². The van der Waals surface area contributed by atoms with E-state index in [-0.39, 0.29) is 25.5 Å². The fourth-order valence-corrected chi connectivity index (χ4v) is 4.09. The molecule has 0 aliphatic rings. The Bertz CT molecular complexity index is 1330. The van der Waals surface area contributed by atoms with Crippen LogP contribution in [0.25, 0.3) is 22.6 Å². The Labute approximate surface area is 228 Å². The molecule has 39 heavy (non-hydrogen) atoms. The highest BCUT2D eigenvalue weighted by atomic mass is 16.6. The molecule has 0 bridgehead atoms. The Kier molecular flexibility index (Phi) is 8.81. The van der Waals surface area contributed by atoms with Crippen LogP contribution in [-0.4, -0.2) is 35.7 Å². The van der Waals surface area contributed by atoms with E-state index in [1.807, 2.05) is 72.8 Å². The van der Waals surface area contributed by atoms with Gasteiger partial charge in [0.05, 0.1) is 6.61 Å². The topological polar surface area (TPSA) is 87.9 Å². The Morgan fingerprint density at radius 3 is 2.21 bits per heavy atom. The maximum atomic E-state index is 13.2. The van der Waals surface area contributed by atoms with E-state index < -0.39 is 23.5 Å². The van der Waals surface area contributed by atoms with E-state index in [1.165, 1.54) is 0 Å². The van der Waals surface area contributed by atoms with Crippen molar-refractivity contribution in [2.45, 2.75) is 45.6 Å². The third-order valence-electron chi connectivity index (χ3n) is 5.71. The fourth-order valence-electron chi connectivity index (χ4n) is 4.09. The Morgan fingerprint density at radius 1 is 0.897 bits per heavy atom. The number of hydrogen-bond donors (Lipinski definition) is 0. The largest absolute Gasteiger partial charge is 0.482 e. The molecule has 0 amide bonds. The summed E-state index contributed by atoms with van der Waals surface area (Å²) in [6.07, 6.45) is 0.269. The Balaban J connectivity index is 1.64. The van der Waals surface area contributed by atoms with Gasteiger partial charge in [0.25, 0.3) is 0 Å². The first-order valence-electron chi connectivity index (χ1n) is 13.0. The van der Waals surface area contributed by atoms with Gasteiger partial charge in [-0.15, -0.1) is 0 Å². The average molecular weight is 528 g/mol. The van der Waals surface area contributed by atoms with E-state index >= 15 is 0 Å². The maximum absolute atomic E-state index is 13.2. The van der Waals surface area contributed by atoms with Crippen molar-refractivity contribution in [3.05, 3.63) is 96.4 Å². The molecule has 202 valence electrons. The zero-order valence-corrected chi connectivity index (χ0v) is 22.7. The standard InChI is InChI=1S/C32H33NO6/c1-5-36-31(35)26(20-22-13-12-18-25(19-22)37-21-27(34)39-32(2,3)4)30-33-28(23-14-8-6-9-15-23)29(38-30)24-16-10-7-11-17-24/h6-19,26H,5,20-21H2,1-4H3. The lowest BCUT2D eigenvalue weighted by molar-refractivity contribution is -0.157. The van der Waals surface area contributed by atoms with Crippen molar-refractivity contribution in [2.24, 2.45) is 0 Å². The molecule has 1 atom stereocenters. The van der Waals surface area contributed by atoms with Crippen LogP contribution in [0, 0.1) is 0 Å². The second-order valence-corrected chi connectivity index (χ2v) is 9.99. The molecule has 7 heteroatoms. The Morgan fingerprint density at radius 2 is 1.56 bits per heavy atom. The number of carbonyl (C=O) groups excluding carboxylic acids is 2. The number of aromatic nitrogens is 1. The zero-order chi connectivity index (χ0) is 27.8. The number of carbonyl (C=O) groups is 2. The minimum absolute atomic E-state index is 0.220. The molecule has 7 nitrogen and oxygen atoms in total. The van der Waals surface area contributed by atoms with Crippen LogP contribution in [0.5, 0.6) is 5.75 Å². The highest BCUT2D eigenvalue weighted by molar-refractivity contribution is 5.80. The summed E-state index contributed by atoms with van der Waals surface area (Å²) in [7, 11) is 0. The molecule has 0 aliphatic heterocycles. The molecular formula is C32H33NO6. The van der Waals surface area contributed by atoms with E-state index in [0.717, 1.165) is 16.7 Å². The first kappa shape index (κ1) is 27.6. The summed E-state index contributed by atoms with van der Waals surface area (Å²) in [4.78, 5) is 30.1. The van der Waals surface area contributed by atoms with Crippen LogP contribution >= 0.6 is 0 Å². The summed E-state index contributed by atoms with van der Waals surface area (Å²) in [6, 6.07) is 26.6. The van der Waals surface area contributed by atoms with Crippen LogP contribution in [-0.2, 0) is 25.5 Å². The van der Waals surface area contributed by atoms with Crippen LogP contribution in [0.3, 0.4) is 0 Å². The van der Waals surface area contributed by atoms with Gasteiger partial charge in [0.15, 0.2) is 12.4 Å². The second-order valence-electron chi connectivity index (χ2n) is 9.99. The summed E-state index contributed by atoms with van der Waals surface area (Å²) in [5.74, 6) is -0.335. The summed E-state index contributed by atoms with van der Waals surface area (Å²) >= 11 is 0. The summed E-state index contributed by atoms with van der Waals surface area (Å²) in [5.41, 5.74) is 2.60. The molecule has 0 fully saturated rings. The number of rotatable bonds is 10. The number of nitrogens with zero attached hydrogens (tertiary/aromatic N) is 1. The van der Waals surface area contributed by atoms with E-state index in [4.69, 9.17) is 23.6 Å². The van der Waals surface area contributed by atoms with E-state index in [9.17, 15) is 9.59 Å². The van der Waals surface area contributed by atoms with E-state index in [2.05, 4.69) is 0 Å². The minimum atomic E-state index is -0.786. The van der Waals surface area contributed by atoms with Gasteiger partial charge in [0.2, 0.25) is 5.89 Å². The lowest BCUT2D eigenvalue weighted by Gasteiger charge is -2.19. The first-order valence-corrected chi connectivity index (χ1v) is 13.0. The van der Waals surface area contributed by atoms with E-state index in [0.29, 0.717) is 17.2 Å². The van der Waals surface area contributed by atoms with Gasteiger partial charge in [-0.05, 0) is 51.8 Å². The monoisotopic (exact) mass is 527 g/mol. The summed E-state index contributed by atoms with van der Waals surface area (Å²) in [6.45, 7) is 7.18. The average Bonchev–Trinajstić information content (AvgIpc) is 3.36. The quantitative estimate of drug-likeness (QED) is 0.214. The van der Waals surface area contributed by atoms with Crippen LogP contribution in [0.2, 0.25) is 0 Å². The Hall–Kier alpha value is -4.39. The molecule has 4 rings (SSSR count). The van der Waals surface area contributed by atoms with Gasteiger partial charge in [-0.25, -0.2) is 9.78 Å². The lowest BCUT2D eigenvalue weighted by Crippen LogP contribution is -2.27. The molecule has 0 saturated carbocycles. The van der Waals surface area contributed by atoms with Crippen molar-refractivity contribution in [3.8, 4) is 28.3 Å². The fraction of sp³-hybridized carbons (Fsp3) is 0.281. The van der Waals surface area contributed by atoms with Gasteiger partial charge in [0.1, 0.15) is 23.0 Å². The van der Waals surface area contributed by atoms with Gasteiger partial charge in [-0.1, -0.05) is 72.8 Å². The normalized spacial score (nSPS) is 12.0. The van der Waals surface area contributed by atoms with Crippen LogP contribution in [0.1, 0.15) is 45.1 Å². The second kappa shape index (κ2) is 12.4. The smallest absolute Gasteiger partial charge is 0.344 e. The maximum Gasteiger partial charge on any atom is 0.344 e. The summed E-state index contributed by atoms with van der Waals surface area (Å²) in [5, 5.41) is 0. The molecule has 3 aromatic carbocycles. The molecule has 1 heterocycles. The van der Waals surface area contributed by atoms with Crippen LogP contribution in [0.4, 0.5) is 0 Å². The van der Waals surface area contributed by atoms with Crippen molar-refractivity contribution in [1.82, 2.24) is 4.98 Å². The molecule has 0 N–H and O–H groups in total. The number of benzene rings is 3. The molecule has 0 spiro atoms. The zero-order valence-electron chi connectivity index (χ0n) is 22.7. The first-order chi connectivity index (χ1) is 18.7. The third kappa shape index (κ3) is 7.57. The molecule has 1 aromatic heterocycles. The predicted molar refractivity (Wildman–Crippen MR) is 148 cm³/mol. The number of esters is 2. The summed E-state index contributed by atoms with van der Waals surface area (Å²) < 4.78 is 22.7. The lowest BCUT2D eigenvalue weighted by atomic mass is 9.99. The van der Waals surface area contributed by atoms with Crippen molar-refractivity contribution in [2.75, 3.05) is 13.2 Å². The molecular weight excluding hydrogens is 494 g/mol. The van der Waals surface area contributed by atoms with Crippen molar-refractivity contribution >= 4 is 11.9 Å². The van der Waals surface area contributed by atoms with Crippen LogP contribution in [0.15, 0.2) is 89.3 Å². The van der Waals surface area contributed by atoms with Crippen molar-refractivity contribution in [3.63, 3.8) is 0 Å². The minimum Gasteiger partial charge on any atom is -0.482 e. The third-order valence-corrected chi connectivity index (χ3v) is 5.71. The molecule has 0 radical (unpaired) electrons. The van der Waals surface area contributed by atoms with Gasteiger partial charge in [-0.3, -0.25) is 4.79 Å². The van der Waals surface area contributed by atoms with Gasteiger partial charge < -0.3 is 18.6 Å².